The van der Waals surface area contributed by atoms with Gasteiger partial charge in [0.15, 0.2) is 0 Å². The second kappa shape index (κ2) is 9.26. The molecule has 0 radical (unpaired) electrons. The smallest absolute Gasteiger partial charge is 0.255 e. The molecule has 162 valence electrons. The predicted molar refractivity (Wildman–Crippen MR) is 122 cm³/mol. The lowest BCUT2D eigenvalue weighted by atomic mass is 10.1. The molecule has 1 heterocycles. The summed E-state index contributed by atoms with van der Waals surface area (Å²) in [5.41, 5.74) is 3.20. The normalized spacial score (nSPS) is 10.6. The summed E-state index contributed by atoms with van der Waals surface area (Å²) >= 11 is 0. The van der Waals surface area contributed by atoms with E-state index in [-0.39, 0.29) is 18.2 Å². The van der Waals surface area contributed by atoms with Crippen LogP contribution in [0.15, 0.2) is 77.4 Å². The van der Waals surface area contributed by atoms with E-state index in [2.05, 4.69) is 10.6 Å². The zero-order chi connectivity index (χ0) is 22.5. The van der Waals surface area contributed by atoms with Crippen molar-refractivity contribution < 1.29 is 23.5 Å². The Balaban J connectivity index is 1.36. The maximum atomic E-state index is 12.5. The summed E-state index contributed by atoms with van der Waals surface area (Å²) in [7, 11) is 3.18. The third-order valence-electron chi connectivity index (χ3n) is 4.99. The molecule has 0 unspecified atom stereocenters. The van der Waals surface area contributed by atoms with Crippen LogP contribution in [-0.4, -0.2) is 26.0 Å². The van der Waals surface area contributed by atoms with Gasteiger partial charge in [-0.05, 0) is 60.7 Å². The summed E-state index contributed by atoms with van der Waals surface area (Å²) < 4.78 is 15.8. The zero-order valence-electron chi connectivity index (χ0n) is 17.7. The molecule has 7 heteroatoms. The van der Waals surface area contributed by atoms with Gasteiger partial charge in [-0.1, -0.05) is 0 Å². The Bertz CT molecular complexity index is 1240. The minimum Gasteiger partial charge on any atom is -0.497 e. The van der Waals surface area contributed by atoms with Gasteiger partial charge < -0.3 is 24.5 Å². The first-order valence-electron chi connectivity index (χ1n) is 9.95. The summed E-state index contributed by atoms with van der Waals surface area (Å²) in [4.78, 5) is 24.9. The highest BCUT2D eigenvalue weighted by Crippen LogP contribution is 2.26. The quantitative estimate of drug-likeness (QED) is 0.436. The van der Waals surface area contributed by atoms with E-state index in [0.29, 0.717) is 34.0 Å². The van der Waals surface area contributed by atoms with Crippen molar-refractivity contribution >= 4 is 34.2 Å². The highest BCUT2D eigenvalue weighted by Gasteiger charge is 2.12. The second-order valence-electron chi connectivity index (χ2n) is 7.11. The molecule has 0 aliphatic rings. The van der Waals surface area contributed by atoms with E-state index < -0.39 is 0 Å². The molecule has 0 atom stereocenters. The Kier molecular flexibility index (Phi) is 6.07. The number of nitrogens with one attached hydrogen (secondary N) is 2. The molecule has 0 saturated carbocycles. The molecule has 32 heavy (non-hydrogen) atoms. The molecule has 0 aliphatic heterocycles. The maximum Gasteiger partial charge on any atom is 0.255 e. The van der Waals surface area contributed by atoms with E-state index in [0.717, 1.165) is 10.9 Å². The van der Waals surface area contributed by atoms with Crippen molar-refractivity contribution in [1.82, 2.24) is 0 Å². The van der Waals surface area contributed by atoms with Crippen LogP contribution in [0, 0.1) is 0 Å². The third-order valence-corrected chi connectivity index (χ3v) is 4.99. The number of carbonyl (C=O) groups is 2. The SMILES string of the molecule is COc1ccc(NC(=O)c2ccc(NC(=O)Cc3coc4cc(OC)ccc34)cc2)cc1. The van der Waals surface area contributed by atoms with Crippen LogP contribution < -0.4 is 20.1 Å². The minimum atomic E-state index is -0.242. The fourth-order valence-corrected chi connectivity index (χ4v) is 3.29. The van der Waals surface area contributed by atoms with E-state index >= 15 is 0 Å². The molecule has 4 rings (SSSR count). The van der Waals surface area contributed by atoms with Crippen LogP contribution >= 0.6 is 0 Å². The second-order valence-corrected chi connectivity index (χ2v) is 7.11. The van der Waals surface area contributed by atoms with Crippen molar-refractivity contribution in [2.24, 2.45) is 0 Å². The molecular weight excluding hydrogens is 408 g/mol. The summed E-state index contributed by atoms with van der Waals surface area (Å²) in [6.07, 6.45) is 1.75. The fourth-order valence-electron chi connectivity index (χ4n) is 3.29. The number of hydrogen-bond donors (Lipinski definition) is 2. The minimum absolute atomic E-state index is 0.166. The van der Waals surface area contributed by atoms with E-state index in [9.17, 15) is 9.59 Å². The number of hydrogen-bond acceptors (Lipinski definition) is 5. The molecule has 0 fully saturated rings. The lowest BCUT2D eigenvalue weighted by Gasteiger charge is -2.08. The number of benzene rings is 3. The fraction of sp³-hybridized carbons (Fsp3) is 0.120. The maximum absolute atomic E-state index is 12.5. The molecule has 1 aromatic heterocycles. The Morgan fingerprint density at radius 3 is 2.12 bits per heavy atom. The van der Waals surface area contributed by atoms with Crippen molar-refractivity contribution in [2.45, 2.75) is 6.42 Å². The van der Waals surface area contributed by atoms with Crippen molar-refractivity contribution in [1.29, 1.82) is 0 Å². The van der Waals surface area contributed by atoms with Crippen LogP contribution in [0.2, 0.25) is 0 Å². The van der Waals surface area contributed by atoms with Gasteiger partial charge in [0, 0.05) is 34.0 Å². The third kappa shape index (κ3) is 4.73. The monoisotopic (exact) mass is 430 g/mol. The van der Waals surface area contributed by atoms with Crippen molar-refractivity contribution in [3.63, 3.8) is 0 Å². The van der Waals surface area contributed by atoms with Crippen molar-refractivity contribution in [2.75, 3.05) is 24.9 Å². The number of ether oxygens (including phenoxy) is 2. The Morgan fingerprint density at radius 1 is 0.812 bits per heavy atom. The number of carbonyl (C=O) groups excluding carboxylic acids is 2. The first-order chi connectivity index (χ1) is 15.6. The van der Waals surface area contributed by atoms with Crippen LogP contribution in [0.5, 0.6) is 11.5 Å². The van der Waals surface area contributed by atoms with Crippen LogP contribution in [0.1, 0.15) is 15.9 Å². The van der Waals surface area contributed by atoms with Gasteiger partial charge in [0.25, 0.3) is 5.91 Å². The van der Waals surface area contributed by atoms with Crippen LogP contribution in [0.3, 0.4) is 0 Å². The van der Waals surface area contributed by atoms with Crippen LogP contribution in [-0.2, 0) is 11.2 Å². The highest BCUT2D eigenvalue weighted by molar-refractivity contribution is 6.04. The molecule has 2 N–H and O–H groups in total. The van der Waals surface area contributed by atoms with Gasteiger partial charge in [-0.3, -0.25) is 9.59 Å². The van der Waals surface area contributed by atoms with Gasteiger partial charge in [0.1, 0.15) is 17.1 Å². The number of amides is 2. The van der Waals surface area contributed by atoms with E-state index in [1.807, 2.05) is 12.1 Å². The summed E-state index contributed by atoms with van der Waals surface area (Å²) in [5, 5.41) is 6.54. The lowest BCUT2D eigenvalue weighted by Crippen LogP contribution is -2.15. The average molecular weight is 430 g/mol. The Morgan fingerprint density at radius 2 is 1.44 bits per heavy atom. The van der Waals surface area contributed by atoms with Gasteiger partial charge in [-0.25, -0.2) is 0 Å². The van der Waals surface area contributed by atoms with Crippen molar-refractivity contribution in [3.05, 3.63) is 84.1 Å². The van der Waals surface area contributed by atoms with Gasteiger partial charge in [-0.15, -0.1) is 0 Å². The molecule has 7 nitrogen and oxygen atoms in total. The number of methoxy groups -OCH3 is 2. The first-order valence-corrected chi connectivity index (χ1v) is 9.95. The van der Waals surface area contributed by atoms with Crippen LogP contribution in [0.25, 0.3) is 11.0 Å². The molecule has 0 bridgehead atoms. The number of furan rings is 1. The molecule has 0 spiro atoms. The van der Waals surface area contributed by atoms with E-state index in [1.165, 1.54) is 0 Å². The number of anilines is 2. The zero-order valence-corrected chi connectivity index (χ0v) is 17.7. The number of fused-ring (bicyclic) bond motifs is 1. The Hall–Kier alpha value is -4.26. The average Bonchev–Trinajstić information content (AvgIpc) is 3.21. The van der Waals surface area contributed by atoms with Gasteiger partial charge in [-0.2, -0.15) is 0 Å². The van der Waals surface area contributed by atoms with Crippen molar-refractivity contribution in [3.8, 4) is 11.5 Å². The molecule has 0 saturated heterocycles. The lowest BCUT2D eigenvalue weighted by molar-refractivity contribution is -0.115. The Labute approximate surface area is 184 Å². The molecular formula is C25H22N2O5. The standard InChI is InChI=1S/C25H22N2O5/c1-30-20-9-7-19(8-10-20)27-25(29)16-3-5-18(6-4-16)26-24(28)13-17-15-32-23-14-21(31-2)11-12-22(17)23/h3-12,14-15H,13H2,1-2H3,(H,26,28)(H,27,29). The highest BCUT2D eigenvalue weighted by atomic mass is 16.5. The predicted octanol–water partition coefficient (Wildman–Crippen LogP) is 4.88. The summed E-state index contributed by atoms with van der Waals surface area (Å²) in [5.74, 6) is 0.984. The first kappa shape index (κ1) is 21.0. The van der Waals surface area contributed by atoms with E-state index in [4.69, 9.17) is 13.9 Å². The van der Waals surface area contributed by atoms with Crippen LogP contribution in [0.4, 0.5) is 11.4 Å². The number of rotatable bonds is 7. The largest absolute Gasteiger partial charge is 0.497 e. The molecule has 2 amide bonds. The molecule has 0 aliphatic carbocycles. The topological polar surface area (TPSA) is 89.8 Å². The molecule has 3 aromatic carbocycles. The van der Waals surface area contributed by atoms with Gasteiger partial charge in [0.05, 0.1) is 26.9 Å². The van der Waals surface area contributed by atoms with Gasteiger partial charge >= 0.3 is 0 Å². The summed E-state index contributed by atoms with van der Waals surface area (Å²) in [6.45, 7) is 0. The molecule has 4 aromatic rings. The summed E-state index contributed by atoms with van der Waals surface area (Å²) in [6, 6.07) is 19.3. The van der Waals surface area contributed by atoms with Gasteiger partial charge in [0.2, 0.25) is 5.91 Å². The van der Waals surface area contributed by atoms with E-state index in [1.54, 1.807) is 75.1 Å².